The average Bonchev–Trinajstić information content (AvgIpc) is 3.29. The Morgan fingerprint density at radius 2 is 1.62 bits per heavy atom. The number of nitrogens with zero attached hydrogens (tertiary/aromatic N) is 2. The molecule has 2 amide bonds. The zero-order valence-corrected chi connectivity index (χ0v) is 21.7. The van der Waals surface area contributed by atoms with E-state index in [4.69, 9.17) is 4.74 Å². The SMILES string of the molecule is COc1ccccc1NC(=O)CCC(=O)N1N=C(c2ccc(Br)cc2)C[C@@H]1c1ccc(Br)cc1. The Balaban J connectivity index is 1.49. The number of nitrogens with one attached hydrogen (secondary N) is 1. The molecule has 8 heteroatoms. The molecule has 3 aromatic carbocycles. The Kier molecular flexibility index (Phi) is 7.80. The summed E-state index contributed by atoms with van der Waals surface area (Å²) in [6.45, 7) is 0. The van der Waals surface area contributed by atoms with Crippen LogP contribution in [-0.4, -0.2) is 29.6 Å². The lowest BCUT2D eigenvalue weighted by atomic mass is 9.98. The Bertz CT molecular complexity index is 1210. The summed E-state index contributed by atoms with van der Waals surface area (Å²) in [5, 5.41) is 9.02. The first kappa shape index (κ1) is 24.2. The molecule has 6 nitrogen and oxygen atoms in total. The number of para-hydroxylation sites is 2. The fourth-order valence-corrected chi connectivity index (χ4v) is 4.33. The quantitative estimate of drug-likeness (QED) is 0.353. The average molecular weight is 585 g/mol. The number of halogens is 2. The number of hydrogen-bond acceptors (Lipinski definition) is 4. The van der Waals surface area contributed by atoms with Crippen LogP contribution >= 0.6 is 31.9 Å². The van der Waals surface area contributed by atoms with Gasteiger partial charge in [-0.2, -0.15) is 5.10 Å². The van der Waals surface area contributed by atoms with E-state index >= 15 is 0 Å². The van der Waals surface area contributed by atoms with Crippen molar-refractivity contribution in [2.45, 2.75) is 25.3 Å². The Hall–Kier alpha value is -2.97. The Labute approximate surface area is 215 Å². The topological polar surface area (TPSA) is 71.0 Å². The predicted molar refractivity (Wildman–Crippen MR) is 140 cm³/mol. The molecule has 4 rings (SSSR count). The lowest BCUT2D eigenvalue weighted by molar-refractivity contribution is -0.134. The first-order valence-electron chi connectivity index (χ1n) is 10.8. The van der Waals surface area contributed by atoms with E-state index in [2.05, 4.69) is 42.3 Å². The van der Waals surface area contributed by atoms with Crippen molar-refractivity contribution in [3.05, 3.63) is 92.9 Å². The van der Waals surface area contributed by atoms with E-state index in [-0.39, 0.29) is 30.7 Å². The molecule has 1 N–H and O–H groups in total. The standard InChI is InChI=1S/C26H23Br2N3O3/c1-34-24-5-3-2-4-21(24)29-25(32)14-15-26(33)31-23(18-8-12-20(28)13-9-18)16-22(30-31)17-6-10-19(27)11-7-17/h2-13,23H,14-16H2,1H3,(H,29,32)/t23-/m1/s1. The van der Waals surface area contributed by atoms with Crippen molar-refractivity contribution in [3.63, 3.8) is 0 Å². The van der Waals surface area contributed by atoms with E-state index in [0.29, 0.717) is 17.9 Å². The van der Waals surface area contributed by atoms with Crippen LogP contribution in [0.4, 0.5) is 5.69 Å². The van der Waals surface area contributed by atoms with Gasteiger partial charge in [-0.25, -0.2) is 5.01 Å². The number of anilines is 1. The van der Waals surface area contributed by atoms with E-state index in [1.807, 2.05) is 60.7 Å². The molecule has 0 spiro atoms. The molecule has 0 unspecified atom stereocenters. The van der Waals surface area contributed by atoms with Crippen LogP contribution in [0.15, 0.2) is 86.8 Å². The van der Waals surface area contributed by atoms with Gasteiger partial charge in [0.15, 0.2) is 0 Å². The highest BCUT2D eigenvalue weighted by Gasteiger charge is 2.33. The highest BCUT2D eigenvalue weighted by atomic mass is 79.9. The second kappa shape index (κ2) is 11.0. The van der Waals surface area contributed by atoms with Gasteiger partial charge < -0.3 is 10.1 Å². The summed E-state index contributed by atoms with van der Waals surface area (Å²) in [6, 6.07) is 22.7. The number of carbonyl (C=O) groups excluding carboxylic acids is 2. The lowest BCUT2D eigenvalue weighted by Gasteiger charge is -2.22. The smallest absolute Gasteiger partial charge is 0.243 e. The molecular formula is C26H23Br2N3O3. The van der Waals surface area contributed by atoms with Gasteiger partial charge in [0.25, 0.3) is 0 Å². The molecule has 1 aliphatic rings. The molecule has 0 aromatic heterocycles. The fourth-order valence-electron chi connectivity index (χ4n) is 3.80. The predicted octanol–water partition coefficient (Wildman–Crippen LogP) is 6.32. The van der Waals surface area contributed by atoms with Crippen LogP contribution in [0.2, 0.25) is 0 Å². The van der Waals surface area contributed by atoms with Gasteiger partial charge in [0.2, 0.25) is 11.8 Å². The third kappa shape index (κ3) is 5.74. The molecular weight excluding hydrogens is 562 g/mol. The highest BCUT2D eigenvalue weighted by molar-refractivity contribution is 9.10. The van der Waals surface area contributed by atoms with E-state index in [1.54, 1.807) is 19.2 Å². The summed E-state index contributed by atoms with van der Waals surface area (Å²) >= 11 is 6.92. The number of amides is 2. The van der Waals surface area contributed by atoms with Crippen LogP contribution in [0.25, 0.3) is 0 Å². The summed E-state index contributed by atoms with van der Waals surface area (Å²) < 4.78 is 7.22. The highest BCUT2D eigenvalue weighted by Crippen LogP contribution is 2.34. The van der Waals surface area contributed by atoms with E-state index in [1.165, 1.54) is 5.01 Å². The van der Waals surface area contributed by atoms with Gasteiger partial charge in [-0.15, -0.1) is 0 Å². The van der Waals surface area contributed by atoms with Crippen molar-refractivity contribution in [3.8, 4) is 5.75 Å². The fraction of sp³-hybridized carbons (Fsp3) is 0.192. The molecule has 0 aliphatic carbocycles. The van der Waals surface area contributed by atoms with E-state index in [0.717, 1.165) is 25.8 Å². The minimum atomic E-state index is -0.255. The van der Waals surface area contributed by atoms with Crippen molar-refractivity contribution in [2.75, 3.05) is 12.4 Å². The molecule has 34 heavy (non-hydrogen) atoms. The summed E-state index contributed by atoms with van der Waals surface area (Å²) in [5.41, 5.74) is 3.37. The number of rotatable bonds is 7. The van der Waals surface area contributed by atoms with Crippen molar-refractivity contribution in [1.82, 2.24) is 5.01 Å². The summed E-state index contributed by atoms with van der Waals surface area (Å²) in [6.07, 6.45) is 0.692. The largest absolute Gasteiger partial charge is 0.495 e. The van der Waals surface area contributed by atoms with Crippen LogP contribution in [0.1, 0.15) is 36.4 Å². The Morgan fingerprint density at radius 3 is 2.29 bits per heavy atom. The van der Waals surface area contributed by atoms with Gasteiger partial charge in [-0.3, -0.25) is 9.59 Å². The first-order chi connectivity index (χ1) is 16.4. The summed E-state index contributed by atoms with van der Waals surface area (Å²) in [5.74, 6) is 0.116. The zero-order chi connectivity index (χ0) is 24.1. The minimum Gasteiger partial charge on any atom is -0.495 e. The second-order valence-corrected chi connectivity index (χ2v) is 9.64. The van der Waals surface area contributed by atoms with Crippen LogP contribution in [0.5, 0.6) is 5.75 Å². The maximum atomic E-state index is 13.2. The van der Waals surface area contributed by atoms with Gasteiger partial charge >= 0.3 is 0 Å². The molecule has 174 valence electrons. The number of carbonyl (C=O) groups is 2. The summed E-state index contributed by atoms with van der Waals surface area (Å²) in [4.78, 5) is 25.7. The summed E-state index contributed by atoms with van der Waals surface area (Å²) in [7, 11) is 1.55. The van der Waals surface area contributed by atoms with Crippen molar-refractivity contribution < 1.29 is 14.3 Å². The number of hydrogen-bond donors (Lipinski definition) is 1. The van der Waals surface area contributed by atoms with Gasteiger partial charge in [0.1, 0.15) is 5.75 Å². The van der Waals surface area contributed by atoms with Gasteiger partial charge in [0, 0.05) is 28.2 Å². The second-order valence-electron chi connectivity index (χ2n) is 7.81. The van der Waals surface area contributed by atoms with Gasteiger partial charge in [-0.1, -0.05) is 68.3 Å². The van der Waals surface area contributed by atoms with Gasteiger partial charge in [0.05, 0.1) is 24.6 Å². The number of hydrazone groups is 1. The maximum absolute atomic E-state index is 13.2. The molecule has 3 aromatic rings. The number of benzene rings is 3. The maximum Gasteiger partial charge on any atom is 0.243 e. The Morgan fingerprint density at radius 1 is 0.971 bits per heavy atom. The lowest BCUT2D eigenvalue weighted by Crippen LogP contribution is -2.28. The number of ether oxygens (including phenoxy) is 1. The molecule has 0 saturated carbocycles. The van der Waals surface area contributed by atoms with Gasteiger partial charge in [-0.05, 0) is 47.5 Å². The molecule has 1 aliphatic heterocycles. The molecule has 1 atom stereocenters. The minimum absolute atomic E-state index is 0.0452. The normalized spacial score (nSPS) is 15.1. The van der Waals surface area contributed by atoms with Crippen molar-refractivity contribution >= 4 is 55.1 Å². The van der Waals surface area contributed by atoms with Crippen LogP contribution < -0.4 is 10.1 Å². The molecule has 1 heterocycles. The molecule has 0 bridgehead atoms. The third-order valence-corrected chi connectivity index (χ3v) is 6.60. The van der Waals surface area contributed by atoms with Crippen molar-refractivity contribution in [2.24, 2.45) is 5.10 Å². The van der Waals surface area contributed by atoms with E-state index < -0.39 is 0 Å². The molecule has 0 radical (unpaired) electrons. The van der Waals surface area contributed by atoms with Crippen molar-refractivity contribution in [1.29, 1.82) is 0 Å². The van der Waals surface area contributed by atoms with Crippen LogP contribution in [0.3, 0.4) is 0 Å². The first-order valence-corrected chi connectivity index (χ1v) is 12.4. The van der Waals surface area contributed by atoms with Crippen LogP contribution in [-0.2, 0) is 9.59 Å². The third-order valence-electron chi connectivity index (χ3n) is 5.55. The zero-order valence-electron chi connectivity index (χ0n) is 18.5. The molecule has 0 saturated heterocycles. The monoisotopic (exact) mass is 583 g/mol. The van der Waals surface area contributed by atoms with Crippen LogP contribution in [0, 0.1) is 0 Å². The number of methoxy groups -OCH3 is 1. The van der Waals surface area contributed by atoms with E-state index in [9.17, 15) is 9.59 Å². The molecule has 0 fully saturated rings.